The van der Waals surface area contributed by atoms with Crippen molar-refractivity contribution in [3.8, 4) is 0 Å². The van der Waals surface area contributed by atoms with E-state index in [9.17, 15) is 0 Å². The molecule has 0 spiro atoms. The summed E-state index contributed by atoms with van der Waals surface area (Å²) in [5.41, 5.74) is 0. The van der Waals surface area contributed by atoms with E-state index in [0.717, 1.165) is 17.8 Å². The van der Waals surface area contributed by atoms with Gasteiger partial charge in [-0.2, -0.15) is 0 Å². The van der Waals surface area contributed by atoms with Crippen LogP contribution in [0.25, 0.3) is 0 Å². The molecule has 0 nitrogen and oxygen atoms in total. The SMILES string of the molecule is CC(C)[CH2][Al]([CH2]C(C)C)[CH2]C(C)C.[Ni]. The number of hydrogen-bond donors (Lipinski definition) is 0. The Bertz CT molecular complexity index is 97.7. The standard InChI is InChI=1S/3C4H9.Al.Ni/c3*1-4(2)3;;/h3*4H,1H2,2-3H3;;. The zero-order chi connectivity index (χ0) is 10.4. The zero-order valence-corrected chi connectivity index (χ0v) is 12.9. The van der Waals surface area contributed by atoms with Gasteiger partial charge in [-0.1, -0.05) is 75.1 Å². The van der Waals surface area contributed by atoms with Crippen molar-refractivity contribution in [2.75, 3.05) is 0 Å². The van der Waals surface area contributed by atoms with Crippen molar-refractivity contribution in [2.24, 2.45) is 17.8 Å². The van der Waals surface area contributed by atoms with Crippen LogP contribution in [0.3, 0.4) is 0 Å². The molecule has 0 atom stereocenters. The third-order valence-corrected chi connectivity index (χ3v) is 7.24. The summed E-state index contributed by atoms with van der Waals surface area (Å²) in [4.78, 5) is 0. The smallest absolute Gasteiger partial charge is 0.0915 e. The van der Waals surface area contributed by atoms with Gasteiger partial charge in [-0.25, -0.2) is 0 Å². The Morgan fingerprint density at radius 1 is 0.643 bits per heavy atom. The summed E-state index contributed by atoms with van der Waals surface area (Å²) < 4.78 is 0. The minimum atomic E-state index is -0.407. The maximum absolute atomic E-state index is 2.38. The molecule has 0 heterocycles. The molecule has 14 heavy (non-hydrogen) atoms. The van der Waals surface area contributed by atoms with Crippen molar-refractivity contribution in [3.05, 3.63) is 0 Å². The van der Waals surface area contributed by atoms with Gasteiger partial charge in [0, 0.05) is 16.5 Å². The summed E-state index contributed by atoms with van der Waals surface area (Å²) in [5, 5.41) is 4.66. The van der Waals surface area contributed by atoms with Crippen molar-refractivity contribution in [1.29, 1.82) is 0 Å². The molecule has 0 aromatic carbocycles. The van der Waals surface area contributed by atoms with Gasteiger partial charge >= 0.3 is 0 Å². The Kier molecular flexibility index (Phi) is 11.5. The van der Waals surface area contributed by atoms with E-state index in [4.69, 9.17) is 0 Å². The van der Waals surface area contributed by atoms with Gasteiger partial charge < -0.3 is 0 Å². The fraction of sp³-hybridized carbons (Fsp3) is 1.00. The first-order chi connectivity index (χ1) is 5.91. The molecular weight excluding hydrogens is 230 g/mol. The summed E-state index contributed by atoms with van der Waals surface area (Å²) in [7, 11) is 0. The van der Waals surface area contributed by atoms with Gasteiger partial charge in [0.2, 0.25) is 0 Å². The largest absolute Gasteiger partial charge is 0.262 e. The Morgan fingerprint density at radius 3 is 1.00 bits per heavy atom. The molecule has 0 saturated carbocycles. The van der Waals surface area contributed by atoms with E-state index in [0.29, 0.717) is 0 Å². The van der Waals surface area contributed by atoms with Crippen LogP contribution in [0.15, 0.2) is 0 Å². The molecule has 0 amide bonds. The minimum absolute atomic E-state index is 0. The van der Waals surface area contributed by atoms with E-state index in [1.165, 1.54) is 0 Å². The van der Waals surface area contributed by atoms with Crippen molar-refractivity contribution < 1.29 is 16.5 Å². The first kappa shape index (κ1) is 17.4. The van der Waals surface area contributed by atoms with E-state index in [1.54, 1.807) is 15.8 Å². The molecule has 0 aliphatic rings. The maximum Gasteiger partial charge on any atom is 0.262 e. The van der Waals surface area contributed by atoms with Gasteiger partial charge in [-0.05, 0) is 0 Å². The van der Waals surface area contributed by atoms with E-state index in [2.05, 4.69) is 41.5 Å². The number of rotatable bonds is 6. The maximum atomic E-state index is 2.38. The van der Waals surface area contributed by atoms with E-state index in [1.807, 2.05) is 0 Å². The van der Waals surface area contributed by atoms with Gasteiger partial charge in [0.05, 0.1) is 0 Å². The van der Waals surface area contributed by atoms with Crippen LogP contribution in [-0.4, -0.2) is 14.1 Å². The molecule has 0 saturated heterocycles. The van der Waals surface area contributed by atoms with Crippen LogP contribution in [-0.2, 0) is 16.5 Å². The molecule has 0 aliphatic heterocycles. The van der Waals surface area contributed by atoms with Crippen LogP contribution in [0.1, 0.15) is 41.5 Å². The van der Waals surface area contributed by atoms with Gasteiger partial charge in [0.1, 0.15) is 0 Å². The Labute approximate surface area is 106 Å². The molecule has 0 aromatic heterocycles. The first-order valence-electron chi connectivity index (χ1n) is 5.91. The predicted molar refractivity (Wildman–Crippen MR) is 64.7 cm³/mol. The second-order valence-corrected chi connectivity index (χ2v) is 8.90. The average Bonchev–Trinajstić information content (AvgIpc) is 1.80. The molecule has 88 valence electrons. The topological polar surface area (TPSA) is 0 Å². The van der Waals surface area contributed by atoms with E-state index >= 15 is 0 Å². The van der Waals surface area contributed by atoms with Crippen LogP contribution >= 0.6 is 0 Å². The van der Waals surface area contributed by atoms with Crippen molar-refractivity contribution in [3.63, 3.8) is 0 Å². The summed E-state index contributed by atoms with van der Waals surface area (Å²) in [5.74, 6) is 2.78. The van der Waals surface area contributed by atoms with Crippen molar-refractivity contribution in [1.82, 2.24) is 0 Å². The predicted octanol–water partition coefficient (Wildman–Crippen LogP) is 4.45. The van der Waals surface area contributed by atoms with Gasteiger partial charge in [0.15, 0.2) is 0 Å². The molecule has 0 N–H and O–H groups in total. The Hall–Kier alpha value is 1.03. The summed E-state index contributed by atoms with van der Waals surface area (Å²) >= 11 is -0.407. The van der Waals surface area contributed by atoms with E-state index < -0.39 is 14.1 Å². The fourth-order valence-electron chi connectivity index (χ4n) is 2.29. The second kappa shape index (κ2) is 9.27. The first-order valence-corrected chi connectivity index (χ1v) is 8.36. The molecular formula is C12H27AlNi. The third kappa shape index (κ3) is 11.1. The molecule has 2 heteroatoms. The fourth-order valence-corrected chi connectivity index (χ4v) is 6.87. The van der Waals surface area contributed by atoms with Crippen LogP contribution in [0.5, 0.6) is 0 Å². The van der Waals surface area contributed by atoms with Crippen molar-refractivity contribution >= 4 is 14.1 Å². The summed E-state index contributed by atoms with van der Waals surface area (Å²) in [6.45, 7) is 14.3. The average molecular weight is 257 g/mol. The quantitative estimate of drug-likeness (QED) is 0.617. The molecule has 0 bridgehead atoms. The molecule has 0 radical (unpaired) electrons. The number of hydrogen-bond acceptors (Lipinski definition) is 0. The molecule has 0 rings (SSSR count). The Balaban J connectivity index is 0. The second-order valence-electron chi connectivity index (χ2n) is 5.75. The molecule has 0 unspecified atom stereocenters. The van der Waals surface area contributed by atoms with Crippen LogP contribution < -0.4 is 0 Å². The van der Waals surface area contributed by atoms with Crippen molar-refractivity contribution in [2.45, 2.75) is 57.4 Å². The van der Waals surface area contributed by atoms with E-state index in [-0.39, 0.29) is 16.5 Å². The monoisotopic (exact) mass is 256 g/mol. The van der Waals surface area contributed by atoms with Crippen LogP contribution in [0, 0.1) is 17.8 Å². The van der Waals surface area contributed by atoms with Gasteiger partial charge in [0.25, 0.3) is 14.1 Å². The Morgan fingerprint density at radius 2 is 0.857 bits per heavy atom. The molecule has 0 aliphatic carbocycles. The van der Waals surface area contributed by atoms with Gasteiger partial charge in [-0.3, -0.25) is 0 Å². The summed E-state index contributed by atoms with van der Waals surface area (Å²) in [6, 6.07) is 0. The van der Waals surface area contributed by atoms with Crippen LogP contribution in [0.2, 0.25) is 15.8 Å². The summed E-state index contributed by atoms with van der Waals surface area (Å²) in [6.07, 6.45) is 0. The molecule has 0 aromatic rings. The van der Waals surface area contributed by atoms with Gasteiger partial charge in [-0.15, -0.1) is 0 Å². The minimum Gasteiger partial charge on any atom is -0.0915 e. The normalized spacial score (nSPS) is 10.9. The molecule has 0 fully saturated rings. The zero-order valence-electron chi connectivity index (χ0n) is 10.7. The third-order valence-electron chi connectivity index (χ3n) is 2.41. The van der Waals surface area contributed by atoms with Crippen LogP contribution in [0.4, 0.5) is 0 Å².